The van der Waals surface area contributed by atoms with E-state index in [4.69, 9.17) is 5.26 Å². The second-order valence-corrected chi connectivity index (χ2v) is 2.44. The zero-order valence-electron chi connectivity index (χ0n) is 7.26. The van der Waals surface area contributed by atoms with Crippen LogP contribution in [0.3, 0.4) is 0 Å². The molecule has 0 fully saturated rings. The molecule has 1 aromatic heterocycles. The van der Waals surface area contributed by atoms with Crippen molar-refractivity contribution < 1.29 is 0 Å². The number of pyridine rings is 1. The number of hydrogen-bond acceptors (Lipinski definition) is 3. The van der Waals surface area contributed by atoms with Crippen LogP contribution < -0.4 is 5.32 Å². The van der Waals surface area contributed by atoms with Gasteiger partial charge >= 0.3 is 0 Å². The summed E-state index contributed by atoms with van der Waals surface area (Å²) in [5, 5.41) is 11.6. The van der Waals surface area contributed by atoms with Gasteiger partial charge in [0, 0.05) is 7.05 Å². The Kier molecular flexibility index (Phi) is 2.65. The van der Waals surface area contributed by atoms with Gasteiger partial charge in [-0.15, -0.1) is 0 Å². The minimum atomic E-state index is 0.478. The summed E-state index contributed by atoms with van der Waals surface area (Å²) >= 11 is 0. The van der Waals surface area contributed by atoms with Gasteiger partial charge in [0.1, 0.15) is 11.8 Å². The quantitative estimate of drug-likeness (QED) is 0.716. The van der Waals surface area contributed by atoms with Crippen molar-refractivity contribution in [3.05, 3.63) is 23.5 Å². The van der Waals surface area contributed by atoms with E-state index in [0.717, 1.165) is 17.7 Å². The van der Waals surface area contributed by atoms with Gasteiger partial charge in [-0.25, -0.2) is 4.98 Å². The third-order valence-electron chi connectivity index (χ3n) is 1.75. The van der Waals surface area contributed by atoms with Crippen LogP contribution >= 0.6 is 0 Å². The van der Waals surface area contributed by atoms with Crippen molar-refractivity contribution >= 4 is 5.69 Å². The van der Waals surface area contributed by atoms with E-state index in [-0.39, 0.29) is 0 Å². The Morgan fingerprint density at radius 2 is 2.42 bits per heavy atom. The lowest BCUT2D eigenvalue weighted by molar-refractivity contribution is 1.10. The Morgan fingerprint density at radius 1 is 1.67 bits per heavy atom. The highest BCUT2D eigenvalue weighted by atomic mass is 14.9. The zero-order valence-corrected chi connectivity index (χ0v) is 7.26. The first kappa shape index (κ1) is 8.54. The van der Waals surface area contributed by atoms with Gasteiger partial charge in [0.2, 0.25) is 0 Å². The Hall–Kier alpha value is -1.56. The Balaban J connectivity index is 3.13. The number of rotatable bonds is 2. The summed E-state index contributed by atoms with van der Waals surface area (Å²) in [7, 11) is 1.85. The summed E-state index contributed by atoms with van der Waals surface area (Å²) in [4.78, 5) is 3.95. The van der Waals surface area contributed by atoms with Gasteiger partial charge < -0.3 is 5.32 Å². The van der Waals surface area contributed by atoms with E-state index in [1.54, 1.807) is 6.20 Å². The van der Waals surface area contributed by atoms with Crippen LogP contribution in [0.4, 0.5) is 5.69 Å². The highest BCUT2D eigenvalue weighted by molar-refractivity contribution is 5.50. The molecule has 1 rings (SSSR count). The molecule has 3 heteroatoms. The van der Waals surface area contributed by atoms with Gasteiger partial charge in [0.05, 0.1) is 11.9 Å². The van der Waals surface area contributed by atoms with E-state index >= 15 is 0 Å². The summed E-state index contributed by atoms with van der Waals surface area (Å²) in [5.41, 5.74) is 2.60. The predicted molar refractivity (Wildman–Crippen MR) is 47.9 cm³/mol. The molecule has 12 heavy (non-hydrogen) atoms. The van der Waals surface area contributed by atoms with Crippen LogP contribution in [0.2, 0.25) is 0 Å². The molecule has 0 aromatic carbocycles. The van der Waals surface area contributed by atoms with Crippen LogP contribution in [0.15, 0.2) is 12.3 Å². The number of aryl methyl sites for hydroxylation is 1. The van der Waals surface area contributed by atoms with Crippen LogP contribution in [-0.4, -0.2) is 12.0 Å². The molecule has 0 unspecified atom stereocenters. The van der Waals surface area contributed by atoms with Crippen LogP contribution in [0, 0.1) is 11.3 Å². The van der Waals surface area contributed by atoms with Crippen molar-refractivity contribution in [3.8, 4) is 6.07 Å². The fraction of sp³-hybridized carbons (Fsp3) is 0.333. The van der Waals surface area contributed by atoms with E-state index in [1.807, 2.05) is 19.2 Å². The standard InChI is InChI=1S/C9H11N3/c1-3-7-4-8(5-10)12-6-9(7)11-2/h4,6,11H,3H2,1-2H3. The van der Waals surface area contributed by atoms with Crippen LogP contribution in [0.25, 0.3) is 0 Å². The van der Waals surface area contributed by atoms with Gasteiger partial charge in [0.15, 0.2) is 0 Å². The van der Waals surface area contributed by atoms with Crippen molar-refractivity contribution in [2.45, 2.75) is 13.3 Å². The molecular formula is C9H11N3. The Labute approximate surface area is 72.1 Å². The predicted octanol–water partition coefficient (Wildman–Crippen LogP) is 1.56. The fourth-order valence-electron chi connectivity index (χ4n) is 1.08. The van der Waals surface area contributed by atoms with Crippen molar-refractivity contribution in [2.75, 3.05) is 12.4 Å². The first-order valence-corrected chi connectivity index (χ1v) is 3.88. The van der Waals surface area contributed by atoms with Gasteiger partial charge in [-0.2, -0.15) is 5.26 Å². The zero-order chi connectivity index (χ0) is 8.97. The number of anilines is 1. The molecule has 0 radical (unpaired) electrons. The van der Waals surface area contributed by atoms with Crippen molar-refractivity contribution in [1.82, 2.24) is 4.98 Å². The minimum Gasteiger partial charge on any atom is -0.387 e. The Bertz CT molecular complexity index is 312. The maximum absolute atomic E-state index is 8.59. The van der Waals surface area contributed by atoms with Crippen molar-refractivity contribution in [1.29, 1.82) is 5.26 Å². The minimum absolute atomic E-state index is 0.478. The van der Waals surface area contributed by atoms with Gasteiger partial charge in [-0.1, -0.05) is 6.92 Å². The lowest BCUT2D eigenvalue weighted by Gasteiger charge is -2.05. The third-order valence-corrected chi connectivity index (χ3v) is 1.75. The van der Waals surface area contributed by atoms with Gasteiger partial charge in [-0.05, 0) is 18.1 Å². The largest absolute Gasteiger partial charge is 0.387 e. The number of nitriles is 1. The number of nitrogens with zero attached hydrogens (tertiary/aromatic N) is 2. The summed E-state index contributed by atoms with van der Waals surface area (Å²) in [6.45, 7) is 2.05. The molecule has 0 bridgehead atoms. The first-order chi connectivity index (χ1) is 5.81. The molecule has 3 nitrogen and oxygen atoms in total. The van der Waals surface area contributed by atoms with E-state index < -0.39 is 0 Å². The highest BCUT2D eigenvalue weighted by Gasteiger charge is 2.00. The smallest absolute Gasteiger partial charge is 0.140 e. The molecule has 1 N–H and O–H groups in total. The molecule has 1 heterocycles. The van der Waals surface area contributed by atoms with Crippen molar-refractivity contribution in [3.63, 3.8) is 0 Å². The number of hydrogen-bond donors (Lipinski definition) is 1. The second kappa shape index (κ2) is 3.72. The molecule has 0 atom stereocenters. The molecule has 1 aromatic rings. The number of aromatic nitrogens is 1. The van der Waals surface area contributed by atoms with Crippen molar-refractivity contribution in [2.24, 2.45) is 0 Å². The van der Waals surface area contributed by atoms with Gasteiger partial charge in [-0.3, -0.25) is 0 Å². The molecule has 0 aliphatic carbocycles. The average Bonchev–Trinajstić information content (AvgIpc) is 2.16. The normalized spacial score (nSPS) is 9.08. The van der Waals surface area contributed by atoms with E-state index in [2.05, 4.69) is 17.2 Å². The molecular weight excluding hydrogens is 150 g/mol. The SMILES string of the molecule is CCc1cc(C#N)ncc1NC. The molecule has 62 valence electrons. The lowest BCUT2D eigenvalue weighted by atomic mass is 10.1. The summed E-state index contributed by atoms with van der Waals surface area (Å²) in [6, 6.07) is 3.83. The van der Waals surface area contributed by atoms with Crippen LogP contribution in [0.1, 0.15) is 18.2 Å². The summed E-state index contributed by atoms with van der Waals surface area (Å²) in [6.07, 6.45) is 2.60. The molecule has 0 saturated carbocycles. The molecule has 0 aliphatic heterocycles. The Morgan fingerprint density at radius 3 is 2.92 bits per heavy atom. The lowest BCUT2D eigenvalue weighted by Crippen LogP contribution is -1.96. The third kappa shape index (κ3) is 1.54. The molecule has 0 spiro atoms. The topological polar surface area (TPSA) is 48.7 Å². The monoisotopic (exact) mass is 161 g/mol. The number of nitrogens with one attached hydrogen (secondary N) is 1. The molecule has 0 amide bonds. The average molecular weight is 161 g/mol. The molecule has 0 saturated heterocycles. The van der Waals surface area contributed by atoms with Gasteiger partial charge in [0.25, 0.3) is 0 Å². The van der Waals surface area contributed by atoms with Crippen LogP contribution in [-0.2, 0) is 6.42 Å². The van der Waals surface area contributed by atoms with E-state index in [1.165, 1.54) is 0 Å². The second-order valence-electron chi connectivity index (χ2n) is 2.44. The summed E-state index contributed by atoms with van der Waals surface area (Å²) in [5.74, 6) is 0. The highest BCUT2D eigenvalue weighted by Crippen LogP contribution is 2.14. The maximum Gasteiger partial charge on any atom is 0.140 e. The first-order valence-electron chi connectivity index (χ1n) is 3.88. The molecule has 0 aliphatic rings. The fourth-order valence-corrected chi connectivity index (χ4v) is 1.08. The maximum atomic E-state index is 8.59. The van der Waals surface area contributed by atoms with E-state index in [9.17, 15) is 0 Å². The summed E-state index contributed by atoms with van der Waals surface area (Å²) < 4.78 is 0. The van der Waals surface area contributed by atoms with E-state index in [0.29, 0.717) is 5.69 Å². The van der Waals surface area contributed by atoms with Crippen LogP contribution in [0.5, 0.6) is 0 Å².